The largest absolute Gasteiger partial charge is 0.356 e. The average molecular weight is 304 g/mol. The fourth-order valence-electron chi connectivity index (χ4n) is 2.18. The summed E-state index contributed by atoms with van der Waals surface area (Å²) in [5.41, 5.74) is 2.64. The van der Waals surface area contributed by atoms with Crippen molar-refractivity contribution in [1.82, 2.24) is 15.5 Å². The van der Waals surface area contributed by atoms with Crippen LogP contribution in [0.2, 0.25) is 0 Å². The Hall–Kier alpha value is -1.55. The number of rotatable bonds is 8. The number of benzene rings is 1. The molecule has 1 rings (SSSR count). The van der Waals surface area contributed by atoms with Crippen LogP contribution >= 0.6 is 0 Å². The van der Waals surface area contributed by atoms with E-state index in [-0.39, 0.29) is 0 Å². The molecule has 0 atom stereocenters. The fourth-order valence-corrected chi connectivity index (χ4v) is 2.18. The first-order valence-electron chi connectivity index (χ1n) is 8.33. The van der Waals surface area contributed by atoms with Crippen molar-refractivity contribution in [3.63, 3.8) is 0 Å². The first kappa shape index (κ1) is 18.5. The molecule has 0 saturated heterocycles. The van der Waals surface area contributed by atoms with Crippen molar-refractivity contribution < 1.29 is 0 Å². The van der Waals surface area contributed by atoms with E-state index < -0.39 is 0 Å². The van der Waals surface area contributed by atoms with E-state index in [0.717, 1.165) is 38.7 Å². The van der Waals surface area contributed by atoms with Gasteiger partial charge in [0.05, 0.1) is 0 Å². The first-order chi connectivity index (χ1) is 10.6. The highest BCUT2D eigenvalue weighted by molar-refractivity contribution is 5.79. The van der Waals surface area contributed by atoms with Crippen molar-refractivity contribution in [3.8, 4) is 0 Å². The summed E-state index contributed by atoms with van der Waals surface area (Å²) in [4.78, 5) is 6.66. The van der Waals surface area contributed by atoms with Gasteiger partial charge in [-0.25, -0.2) is 0 Å². The van der Waals surface area contributed by atoms with Gasteiger partial charge in [0, 0.05) is 26.7 Å². The Labute approximate surface area is 136 Å². The van der Waals surface area contributed by atoms with Crippen LogP contribution in [0.4, 0.5) is 0 Å². The summed E-state index contributed by atoms with van der Waals surface area (Å²) >= 11 is 0. The van der Waals surface area contributed by atoms with E-state index in [1.807, 2.05) is 7.05 Å². The monoisotopic (exact) mass is 304 g/mol. The van der Waals surface area contributed by atoms with Crippen LogP contribution in [-0.2, 0) is 13.1 Å². The van der Waals surface area contributed by atoms with E-state index in [1.54, 1.807) is 0 Å². The second-order valence-electron chi connectivity index (χ2n) is 5.98. The van der Waals surface area contributed by atoms with Gasteiger partial charge in [0.15, 0.2) is 5.96 Å². The van der Waals surface area contributed by atoms with Gasteiger partial charge in [-0.05, 0) is 30.1 Å². The van der Waals surface area contributed by atoms with Crippen LogP contribution in [0.15, 0.2) is 29.3 Å². The summed E-state index contributed by atoms with van der Waals surface area (Å²) in [5, 5.41) is 6.68. The Bertz CT molecular complexity index is 433. The minimum Gasteiger partial charge on any atom is -0.356 e. The molecule has 0 aliphatic heterocycles. The van der Waals surface area contributed by atoms with Crippen molar-refractivity contribution >= 4 is 5.96 Å². The van der Waals surface area contributed by atoms with E-state index in [1.165, 1.54) is 11.1 Å². The lowest BCUT2D eigenvalue weighted by Crippen LogP contribution is -2.38. The zero-order chi connectivity index (χ0) is 16.4. The average Bonchev–Trinajstić information content (AvgIpc) is 2.53. The number of nitrogens with one attached hydrogen (secondary N) is 2. The highest BCUT2D eigenvalue weighted by Gasteiger charge is 2.02. The van der Waals surface area contributed by atoms with Gasteiger partial charge >= 0.3 is 0 Å². The molecular formula is C18H32N4. The molecule has 1 aromatic carbocycles. The van der Waals surface area contributed by atoms with Gasteiger partial charge in [0.25, 0.3) is 0 Å². The minimum atomic E-state index is 0.609. The molecule has 4 heteroatoms. The molecule has 0 unspecified atom stereocenters. The summed E-state index contributed by atoms with van der Waals surface area (Å²) in [7, 11) is 1.81. The molecule has 0 spiro atoms. The van der Waals surface area contributed by atoms with Crippen LogP contribution in [0.3, 0.4) is 0 Å². The van der Waals surface area contributed by atoms with E-state index in [2.05, 4.69) is 72.5 Å². The summed E-state index contributed by atoms with van der Waals surface area (Å²) in [6.45, 7) is 13.7. The topological polar surface area (TPSA) is 39.7 Å². The standard InChI is InChI=1S/C18H32N4/c1-6-22(7-2)14-17-10-8-16(9-11-17)13-21-18(19-5)20-12-15(3)4/h8-11,15H,6-7,12-14H2,1-5H3,(H2,19,20,21). The molecule has 0 radical (unpaired) electrons. The van der Waals surface area contributed by atoms with E-state index in [9.17, 15) is 0 Å². The molecule has 0 aromatic heterocycles. The minimum absolute atomic E-state index is 0.609. The lowest BCUT2D eigenvalue weighted by molar-refractivity contribution is 0.296. The maximum atomic E-state index is 4.24. The molecule has 0 aliphatic carbocycles. The second-order valence-corrected chi connectivity index (χ2v) is 5.98. The van der Waals surface area contributed by atoms with Crippen LogP contribution in [-0.4, -0.2) is 37.5 Å². The summed E-state index contributed by atoms with van der Waals surface area (Å²) in [5.74, 6) is 1.47. The number of guanidine groups is 1. The first-order valence-corrected chi connectivity index (χ1v) is 8.33. The Morgan fingerprint density at radius 1 is 1.05 bits per heavy atom. The molecule has 124 valence electrons. The summed E-state index contributed by atoms with van der Waals surface area (Å²) in [6.07, 6.45) is 0. The van der Waals surface area contributed by atoms with Gasteiger partial charge in [-0.3, -0.25) is 9.89 Å². The molecular weight excluding hydrogens is 272 g/mol. The van der Waals surface area contributed by atoms with Gasteiger partial charge in [-0.15, -0.1) is 0 Å². The van der Waals surface area contributed by atoms with Crippen molar-refractivity contribution in [1.29, 1.82) is 0 Å². The number of nitrogens with zero attached hydrogens (tertiary/aromatic N) is 2. The molecule has 0 heterocycles. The third-order valence-electron chi connectivity index (χ3n) is 3.68. The highest BCUT2D eigenvalue weighted by Crippen LogP contribution is 2.07. The molecule has 1 aromatic rings. The molecule has 4 nitrogen and oxygen atoms in total. The smallest absolute Gasteiger partial charge is 0.191 e. The second kappa shape index (κ2) is 10.2. The zero-order valence-electron chi connectivity index (χ0n) is 14.8. The quantitative estimate of drug-likeness (QED) is 0.573. The molecule has 0 amide bonds. The highest BCUT2D eigenvalue weighted by atomic mass is 15.2. The maximum absolute atomic E-state index is 4.24. The summed E-state index contributed by atoms with van der Waals surface area (Å²) < 4.78 is 0. The Morgan fingerprint density at radius 2 is 1.64 bits per heavy atom. The van der Waals surface area contributed by atoms with Crippen molar-refractivity contribution in [2.24, 2.45) is 10.9 Å². The molecule has 0 bridgehead atoms. The van der Waals surface area contributed by atoms with Crippen LogP contribution in [0.25, 0.3) is 0 Å². The van der Waals surface area contributed by atoms with E-state index in [4.69, 9.17) is 0 Å². The fraction of sp³-hybridized carbons (Fsp3) is 0.611. The number of aliphatic imine (C=N–C) groups is 1. The SMILES string of the molecule is CCN(CC)Cc1ccc(CNC(=NC)NCC(C)C)cc1. The van der Waals surface area contributed by atoms with Gasteiger partial charge in [-0.2, -0.15) is 0 Å². The Kier molecular flexibility index (Phi) is 8.60. The number of hydrogen-bond acceptors (Lipinski definition) is 2. The van der Waals surface area contributed by atoms with Crippen molar-refractivity contribution in [3.05, 3.63) is 35.4 Å². The van der Waals surface area contributed by atoms with Crippen LogP contribution in [0, 0.1) is 5.92 Å². The predicted molar refractivity (Wildman–Crippen MR) is 96.1 cm³/mol. The lowest BCUT2D eigenvalue weighted by Gasteiger charge is -2.18. The maximum Gasteiger partial charge on any atom is 0.191 e. The Balaban J connectivity index is 2.46. The van der Waals surface area contributed by atoms with Crippen LogP contribution in [0.5, 0.6) is 0 Å². The third kappa shape index (κ3) is 6.94. The molecule has 22 heavy (non-hydrogen) atoms. The normalized spacial score (nSPS) is 12.0. The van der Waals surface area contributed by atoms with Crippen molar-refractivity contribution in [2.45, 2.75) is 40.8 Å². The van der Waals surface area contributed by atoms with E-state index in [0.29, 0.717) is 5.92 Å². The van der Waals surface area contributed by atoms with Crippen molar-refractivity contribution in [2.75, 3.05) is 26.7 Å². The predicted octanol–water partition coefficient (Wildman–Crippen LogP) is 2.85. The van der Waals surface area contributed by atoms with Gasteiger partial charge < -0.3 is 10.6 Å². The molecule has 0 aliphatic rings. The molecule has 2 N–H and O–H groups in total. The summed E-state index contributed by atoms with van der Waals surface area (Å²) in [6, 6.07) is 8.84. The van der Waals surface area contributed by atoms with E-state index >= 15 is 0 Å². The zero-order valence-corrected chi connectivity index (χ0v) is 14.8. The molecule has 0 fully saturated rings. The molecule has 0 saturated carbocycles. The lowest BCUT2D eigenvalue weighted by atomic mass is 10.1. The van der Waals surface area contributed by atoms with Crippen LogP contribution in [0.1, 0.15) is 38.8 Å². The van der Waals surface area contributed by atoms with Gasteiger partial charge in [0.1, 0.15) is 0 Å². The third-order valence-corrected chi connectivity index (χ3v) is 3.68. The van der Waals surface area contributed by atoms with Crippen LogP contribution < -0.4 is 10.6 Å². The number of hydrogen-bond donors (Lipinski definition) is 2. The van der Waals surface area contributed by atoms with Gasteiger partial charge in [-0.1, -0.05) is 52.0 Å². The van der Waals surface area contributed by atoms with Gasteiger partial charge in [0.2, 0.25) is 0 Å². The Morgan fingerprint density at radius 3 is 2.14 bits per heavy atom.